The molecule has 0 radical (unpaired) electrons. The maximum Gasteiger partial charge on any atom is 0.240 e. The fourth-order valence-corrected chi connectivity index (χ4v) is 3.79. The first-order valence-corrected chi connectivity index (χ1v) is 8.26. The number of aliphatic hydroxyl groups excluding tert-OH is 1. The number of sulfonamides is 1. The van der Waals surface area contributed by atoms with Crippen LogP contribution in [0.5, 0.6) is 0 Å². The topological polar surface area (TPSA) is 66.4 Å². The van der Waals surface area contributed by atoms with Crippen molar-refractivity contribution in [3.05, 3.63) is 29.3 Å². The summed E-state index contributed by atoms with van der Waals surface area (Å²) in [7, 11) is -3.48. The fourth-order valence-electron chi connectivity index (χ4n) is 2.46. The van der Waals surface area contributed by atoms with Crippen LogP contribution in [0.1, 0.15) is 37.3 Å². The molecule has 0 spiro atoms. The second-order valence-corrected chi connectivity index (χ2v) is 6.89. The monoisotopic (exact) mass is 283 g/mol. The predicted octanol–water partition coefficient (Wildman–Crippen LogP) is 1.61. The second-order valence-electron chi connectivity index (χ2n) is 5.17. The van der Waals surface area contributed by atoms with Crippen LogP contribution in [0.4, 0.5) is 0 Å². The van der Waals surface area contributed by atoms with Gasteiger partial charge in [-0.1, -0.05) is 6.07 Å². The standard InChI is InChI=1S/C14H21NO3S/c1-11(8-9-16)15-19(17,18)14-7-6-12-4-2-3-5-13(12)10-14/h6-7,10-11,15-16H,2-5,8-9H2,1H3. The molecule has 2 rings (SSSR count). The molecule has 0 fully saturated rings. The summed E-state index contributed by atoms with van der Waals surface area (Å²) < 4.78 is 27.0. The minimum Gasteiger partial charge on any atom is -0.396 e. The average Bonchev–Trinajstić information content (AvgIpc) is 2.37. The Morgan fingerprint density at radius 1 is 1.26 bits per heavy atom. The van der Waals surface area contributed by atoms with Gasteiger partial charge in [-0.2, -0.15) is 0 Å². The predicted molar refractivity (Wildman–Crippen MR) is 74.6 cm³/mol. The van der Waals surface area contributed by atoms with Crippen LogP contribution < -0.4 is 4.72 Å². The first-order valence-electron chi connectivity index (χ1n) is 6.78. The lowest BCUT2D eigenvalue weighted by Crippen LogP contribution is -2.33. The molecule has 0 saturated heterocycles. The van der Waals surface area contributed by atoms with E-state index in [4.69, 9.17) is 5.11 Å². The zero-order chi connectivity index (χ0) is 13.9. The Labute approximate surface area is 114 Å². The third kappa shape index (κ3) is 3.55. The van der Waals surface area contributed by atoms with E-state index in [0.717, 1.165) is 24.8 Å². The lowest BCUT2D eigenvalue weighted by atomic mass is 9.92. The van der Waals surface area contributed by atoms with E-state index in [-0.39, 0.29) is 12.6 Å². The molecular formula is C14H21NO3S. The molecule has 0 heterocycles. The number of aryl methyl sites for hydroxylation is 2. The molecule has 1 aromatic carbocycles. The molecule has 1 unspecified atom stereocenters. The average molecular weight is 283 g/mol. The van der Waals surface area contributed by atoms with E-state index in [1.54, 1.807) is 19.1 Å². The van der Waals surface area contributed by atoms with Crippen LogP contribution in [0.3, 0.4) is 0 Å². The van der Waals surface area contributed by atoms with E-state index in [0.29, 0.717) is 11.3 Å². The molecule has 0 bridgehead atoms. The van der Waals surface area contributed by atoms with E-state index in [9.17, 15) is 8.42 Å². The van der Waals surface area contributed by atoms with Crippen LogP contribution in [0.25, 0.3) is 0 Å². The lowest BCUT2D eigenvalue weighted by molar-refractivity contribution is 0.275. The van der Waals surface area contributed by atoms with Crippen LogP contribution in [-0.4, -0.2) is 26.2 Å². The maximum absolute atomic E-state index is 12.2. The molecule has 0 saturated carbocycles. The van der Waals surface area contributed by atoms with Crippen LogP contribution in [0, 0.1) is 0 Å². The molecule has 0 aromatic heterocycles. The van der Waals surface area contributed by atoms with Crippen molar-refractivity contribution < 1.29 is 13.5 Å². The highest BCUT2D eigenvalue weighted by molar-refractivity contribution is 7.89. The van der Waals surface area contributed by atoms with Crippen molar-refractivity contribution in [2.75, 3.05) is 6.61 Å². The number of rotatable bonds is 5. The van der Waals surface area contributed by atoms with E-state index < -0.39 is 10.0 Å². The van der Waals surface area contributed by atoms with Crippen molar-refractivity contribution in [1.29, 1.82) is 0 Å². The quantitative estimate of drug-likeness (QED) is 0.863. The van der Waals surface area contributed by atoms with Gasteiger partial charge in [-0.05, 0) is 62.3 Å². The molecule has 5 heteroatoms. The van der Waals surface area contributed by atoms with Gasteiger partial charge in [0.1, 0.15) is 0 Å². The molecule has 1 aliphatic carbocycles. The first kappa shape index (κ1) is 14.5. The SMILES string of the molecule is CC(CCO)NS(=O)(=O)c1ccc2c(c1)CCCC2. The molecule has 2 N–H and O–H groups in total. The van der Waals surface area contributed by atoms with Crippen LogP contribution in [0.15, 0.2) is 23.1 Å². The molecule has 4 nitrogen and oxygen atoms in total. The van der Waals surface area contributed by atoms with Gasteiger partial charge >= 0.3 is 0 Å². The van der Waals surface area contributed by atoms with E-state index in [2.05, 4.69) is 4.72 Å². The van der Waals surface area contributed by atoms with Gasteiger partial charge in [-0.25, -0.2) is 13.1 Å². The Hall–Kier alpha value is -0.910. The maximum atomic E-state index is 12.2. The van der Waals surface area contributed by atoms with Crippen LogP contribution in [-0.2, 0) is 22.9 Å². The zero-order valence-electron chi connectivity index (χ0n) is 11.2. The Balaban J connectivity index is 2.21. The van der Waals surface area contributed by atoms with Crippen molar-refractivity contribution in [3.63, 3.8) is 0 Å². The third-order valence-electron chi connectivity index (χ3n) is 3.55. The zero-order valence-corrected chi connectivity index (χ0v) is 12.0. The fraction of sp³-hybridized carbons (Fsp3) is 0.571. The molecule has 1 aromatic rings. The van der Waals surface area contributed by atoms with Crippen molar-refractivity contribution in [1.82, 2.24) is 4.72 Å². The molecule has 1 aliphatic rings. The third-order valence-corrected chi connectivity index (χ3v) is 5.14. The van der Waals surface area contributed by atoms with Crippen LogP contribution >= 0.6 is 0 Å². The Morgan fingerprint density at radius 3 is 2.63 bits per heavy atom. The highest BCUT2D eigenvalue weighted by Gasteiger charge is 2.19. The highest BCUT2D eigenvalue weighted by atomic mass is 32.2. The van der Waals surface area contributed by atoms with E-state index in [1.165, 1.54) is 12.0 Å². The molecule has 106 valence electrons. The van der Waals surface area contributed by atoms with Crippen molar-refractivity contribution in [2.45, 2.75) is 50.0 Å². The summed E-state index contributed by atoms with van der Waals surface area (Å²) in [6.45, 7) is 1.74. The summed E-state index contributed by atoms with van der Waals surface area (Å²) in [6, 6.07) is 5.14. The lowest BCUT2D eigenvalue weighted by Gasteiger charge is -2.18. The van der Waals surface area contributed by atoms with Gasteiger partial charge in [0.25, 0.3) is 0 Å². The van der Waals surface area contributed by atoms with E-state index in [1.807, 2.05) is 6.07 Å². The minimum absolute atomic E-state index is 0.0200. The van der Waals surface area contributed by atoms with Crippen LogP contribution in [0.2, 0.25) is 0 Å². The molecule has 1 atom stereocenters. The van der Waals surface area contributed by atoms with Gasteiger partial charge in [0.2, 0.25) is 10.0 Å². The largest absolute Gasteiger partial charge is 0.396 e. The number of fused-ring (bicyclic) bond motifs is 1. The Morgan fingerprint density at radius 2 is 1.95 bits per heavy atom. The Bertz CT molecular complexity index is 540. The summed E-state index contributed by atoms with van der Waals surface area (Å²) in [5.74, 6) is 0. The number of benzene rings is 1. The molecule has 0 amide bonds. The number of nitrogens with one attached hydrogen (secondary N) is 1. The smallest absolute Gasteiger partial charge is 0.240 e. The number of aliphatic hydroxyl groups is 1. The van der Waals surface area contributed by atoms with Gasteiger partial charge in [0.15, 0.2) is 0 Å². The van der Waals surface area contributed by atoms with E-state index >= 15 is 0 Å². The second kappa shape index (κ2) is 6.03. The summed E-state index contributed by atoms with van der Waals surface area (Å²) in [4.78, 5) is 0.331. The summed E-state index contributed by atoms with van der Waals surface area (Å²) in [6.07, 6.45) is 4.74. The van der Waals surface area contributed by atoms with Crippen molar-refractivity contribution in [2.24, 2.45) is 0 Å². The highest BCUT2D eigenvalue weighted by Crippen LogP contribution is 2.24. The number of hydrogen-bond donors (Lipinski definition) is 2. The summed E-state index contributed by atoms with van der Waals surface area (Å²) in [5, 5.41) is 8.83. The minimum atomic E-state index is -3.48. The normalized spacial score (nSPS) is 16.9. The molecule has 19 heavy (non-hydrogen) atoms. The van der Waals surface area contributed by atoms with Gasteiger partial charge in [-0.15, -0.1) is 0 Å². The van der Waals surface area contributed by atoms with Gasteiger partial charge in [0.05, 0.1) is 4.90 Å². The summed E-state index contributed by atoms with van der Waals surface area (Å²) >= 11 is 0. The van der Waals surface area contributed by atoms with Crippen molar-refractivity contribution in [3.8, 4) is 0 Å². The Kier molecular flexibility index (Phi) is 4.60. The molecular weight excluding hydrogens is 262 g/mol. The first-order chi connectivity index (χ1) is 9.03. The number of hydrogen-bond acceptors (Lipinski definition) is 3. The summed E-state index contributed by atoms with van der Waals surface area (Å²) in [5.41, 5.74) is 2.43. The van der Waals surface area contributed by atoms with Crippen molar-refractivity contribution >= 4 is 10.0 Å². The van der Waals surface area contributed by atoms with Gasteiger partial charge in [0, 0.05) is 12.6 Å². The van der Waals surface area contributed by atoms with Gasteiger partial charge < -0.3 is 5.11 Å². The molecule has 0 aliphatic heterocycles. The van der Waals surface area contributed by atoms with Gasteiger partial charge in [-0.3, -0.25) is 0 Å².